The summed E-state index contributed by atoms with van der Waals surface area (Å²) in [6.07, 6.45) is -1.70. The van der Waals surface area contributed by atoms with E-state index < -0.39 is 41.7 Å². The Labute approximate surface area is 197 Å². The van der Waals surface area contributed by atoms with E-state index in [1.807, 2.05) is 27.7 Å². The van der Waals surface area contributed by atoms with Crippen molar-refractivity contribution >= 4 is 24.8 Å². The molecule has 8 nitrogen and oxygen atoms in total. The van der Waals surface area contributed by atoms with Crippen LogP contribution in [0.25, 0.3) is 0 Å². The van der Waals surface area contributed by atoms with E-state index in [1.165, 1.54) is 0 Å². The molecule has 1 fully saturated rings. The zero-order valence-corrected chi connectivity index (χ0v) is 21.4. The van der Waals surface area contributed by atoms with Crippen LogP contribution in [0.1, 0.15) is 80.4 Å². The van der Waals surface area contributed by atoms with Crippen LogP contribution in [-0.2, 0) is 25.3 Å². The predicted molar refractivity (Wildman–Crippen MR) is 125 cm³/mol. The summed E-state index contributed by atoms with van der Waals surface area (Å²) in [7, 11) is -0.635. The molecule has 0 bridgehead atoms. The number of benzene rings is 1. The van der Waals surface area contributed by atoms with E-state index in [4.69, 9.17) is 18.8 Å². The SMILES string of the molecule is CC(C)(C)OC(=O)N(Cc1ccc(B2OC(C)(C)C(C)(C)O2)cc1C#N)C(=O)OC(C)(C)C. The fourth-order valence-corrected chi connectivity index (χ4v) is 2.97. The van der Waals surface area contributed by atoms with Gasteiger partial charge in [-0.25, -0.2) is 14.5 Å². The first-order valence-corrected chi connectivity index (χ1v) is 11.0. The van der Waals surface area contributed by atoms with Crippen LogP contribution in [0.4, 0.5) is 9.59 Å². The maximum atomic E-state index is 12.8. The number of imide groups is 1. The summed E-state index contributed by atoms with van der Waals surface area (Å²) >= 11 is 0. The van der Waals surface area contributed by atoms with Gasteiger partial charge in [-0.2, -0.15) is 5.26 Å². The van der Waals surface area contributed by atoms with Gasteiger partial charge in [0.2, 0.25) is 0 Å². The second kappa shape index (κ2) is 9.00. The zero-order valence-electron chi connectivity index (χ0n) is 21.4. The van der Waals surface area contributed by atoms with Crippen molar-refractivity contribution in [2.75, 3.05) is 0 Å². The van der Waals surface area contributed by atoms with Crippen molar-refractivity contribution in [3.8, 4) is 6.07 Å². The molecule has 2 amide bonds. The monoisotopic (exact) mass is 458 g/mol. The minimum Gasteiger partial charge on any atom is -0.443 e. The van der Waals surface area contributed by atoms with Crippen LogP contribution in [0.15, 0.2) is 18.2 Å². The molecule has 9 heteroatoms. The van der Waals surface area contributed by atoms with Gasteiger partial charge in [0, 0.05) is 0 Å². The molecule has 0 aromatic heterocycles. The minimum atomic E-state index is -0.851. The molecule has 0 radical (unpaired) electrons. The molecule has 0 saturated carbocycles. The molecular formula is C24H35BN2O6. The molecule has 1 aromatic carbocycles. The van der Waals surface area contributed by atoms with Gasteiger partial charge in [0.15, 0.2) is 0 Å². The van der Waals surface area contributed by atoms with Gasteiger partial charge in [-0.3, -0.25) is 0 Å². The van der Waals surface area contributed by atoms with Crippen LogP contribution in [0.3, 0.4) is 0 Å². The topological polar surface area (TPSA) is 98.1 Å². The van der Waals surface area contributed by atoms with Crippen molar-refractivity contribution in [3.63, 3.8) is 0 Å². The van der Waals surface area contributed by atoms with Crippen LogP contribution in [-0.4, -0.2) is 46.6 Å². The highest BCUT2D eigenvalue weighted by Gasteiger charge is 2.51. The smallest absolute Gasteiger partial charge is 0.443 e. The zero-order chi connectivity index (χ0) is 25.4. The molecule has 0 unspecified atom stereocenters. The third kappa shape index (κ3) is 6.72. The number of hydrogen-bond acceptors (Lipinski definition) is 7. The molecule has 0 spiro atoms. The fourth-order valence-electron chi connectivity index (χ4n) is 2.97. The van der Waals surface area contributed by atoms with Gasteiger partial charge in [0.25, 0.3) is 0 Å². The summed E-state index contributed by atoms with van der Waals surface area (Å²) in [4.78, 5) is 26.4. The van der Waals surface area contributed by atoms with Crippen LogP contribution < -0.4 is 5.46 Å². The second-order valence-corrected chi connectivity index (χ2v) is 11.2. The number of rotatable bonds is 3. The molecule has 1 aliphatic rings. The average molecular weight is 458 g/mol. The lowest BCUT2D eigenvalue weighted by molar-refractivity contribution is -0.000263. The Bertz CT molecular complexity index is 909. The third-order valence-electron chi connectivity index (χ3n) is 5.34. The summed E-state index contributed by atoms with van der Waals surface area (Å²) in [5.41, 5.74) is -1.23. The number of carbonyl (C=O) groups is 2. The number of ether oxygens (including phenoxy) is 2. The van der Waals surface area contributed by atoms with Crippen LogP contribution >= 0.6 is 0 Å². The van der Waals surface area contributed by atoms with Crippen molar-refractivity contribution in [1.29, 1.82) is 5.26 Å². The van der Waals surface area contributed by atoms with E-state index >= 15 is 0 Å². The van der Waals surface area contributed by atoms with Gasteiger partial charge in [-0.15, -0.1) is 0 Å². The Morgan fingerprint density at radius 2 is 1.42 bits per heavy atom. The van der Waals surface area contributed by atoms with Crippen molar-refractivity contribution < 1.29 is 28.4 Å². The quantitative estimate of drug-likeness (QED) is 0.614. The van der Waals surface area contributed by atoms with Crippen LogP contribution in [0, 0.1) is 11.3 Å². The molecule has 1 saturated heterocycles. The Morgan fingerprint density at radius 1 is 0.970 bits per heavy atom. The van der Waals surface area contributed by atoms with Crippen molar-refractivity contribution in [2.24, 2.45) is 0 Å². The van der Waals surface area contributed by atoms with E-state index in [2.05, 4.69) is 6.07 Å². The molecular weight excluding hydrogens is 423 g/mol. The van der Waals surface area contributed by atoms with Crippen molar-refractivity contribution in [2.45, 2.75) is 98.2 Å². The van der Waals surface area contributed by atoms with E-state index in [1.54, 1.807) is 59.7 Å². The number of nitrogens with zero attached hydrogens (tertiary/aromatic N) is 2. The first-order chi connectivity index (χ1) is 14.9. The fraction of sp³-hybridized carbons (Fsp3) is 0.625. The largest absolute Gasteiger partial charge is 0.494 e. The molecule has 33 heavy (non-hydrogen) atoms. The standard InChI is InChI=1S/C24H35BN2O6/c1-21(2,3)30-19(28)27(20(29)31-22(4,5)6)15-16-11-12-18(13-17(16)14-26)25-32-23(7,8)24(9,10)33-25/h11-13H,15H2,1-10H3. The lowest BCUT2D eigenvalue weighted by Gasteiger charge is -2.32. The summed E-state index contributed by atoms with van der Waals surface area (Å²) < 4.78 is 22.9. The molecule has 1 aromatic rings. The Kier molecular flexibility index (Phi) is 7.27. The number of nitriles is 1. The summed E-state index contributed by atoms with van der Waals surface area (Å²) in [5, 5.41) is 9.77. The Hall–Kier alpha value is -2.57. The molecule has 1 heterocycles. The summed E-state index contributed by atoms with van der Waals surface area (Å²) in [5.74, 6) is 0. The molecule has 0 N–H and O–H groups in total. The molecule has 180 valence electrons. The molecule has 2 rings (SSSR count). The lowest BCUT2D eigenvalue weighted by atomic mass is 9.78. The first kappa shape index (κ1) is 26.7. The van der Waals surface area contributed by atoms with Crippen molar-refractivity contribution in [3.05, 3.63) is 29.3 Å². The highest BCUT2D eigenvalue weighted by atomic mass is 16.7. The maximum absolute atomic E-state index is 12.8. The van der Waals surface area contributed by atoms with E-state index in [9.17, 15) is 14.9 Å². The van der Waals surface area contributed by atoms with Crippen LogP contribution in [0.2, 0.25) is 0 Å². The van der Waals surface area contributed by atoms with Gasteiger partial charge >= 0.3 is 19.3 Å². The maximum Gasteiger partial charge on any atom is 0.494 e. The van der Waals surface area contributed by atoms with E-state index in [-0.39, 0.29) is 6.54 Å². The second-order valence-electron chi connectivity index (χ2n) is 11.2. The van der Waals surface area contributed by atoms with Gasteiger partial charge < -0.3 is 18.8 Å². The molecule has 0 aliphatic carbocycles. The number of hydrogen-bond donors (Lipinski definition) is 0. The predicted octanol–water partition coefficient (Wildman–Crippen LogP) is 4.53. The first-order valence-electron chi connectivity index (χ1n) is 11.0. The van der Waals surface area contributed by atoms with E-state index in [0.717, 1.165) is 4.90 Å². The van der Waals surface area contributed by atoms with Crippen LogP contribution in [0.5, 0.6) is 0 Å². The Balaban J connectivity index is 2.35. The minimum absolute atomic E-state index is 0.184. The van der Waals surface area contributed by atoms with Gasteiger partial charge in [-0.05, 0) is 86.3 Å². The molecule has 0 atom stereocenters. The number of carbonyl (C=O) groups excluding carboxylic acids is 2. The normalized spacial score (nSPS) is 17.3. The van der Waals surface area contributed by atoms with Gasteiger partial charge in [0.1, 0.15) is 11.2 Å². The van der Waals surface area contributed by atoms with Crippen molar-refractivity contribution in [1.82, 2.24) is 4.90 Å². The summed E-state index contributed by atoms with van der Waals surface area (Å²) in [6.45, 7) is 17.9. The number of amides is 2. The third-order valence-corrected chi connectivity index (χ3v) is 5.34. The molecule has 1 aliphatic heterocycles. The highest BCUT2D eigenvalue weighted by molar-refractivity contribution is 6.62. The van der Waals surface area contributed by atoms with Gasteiger partial charge in [-0.1, -0.05) is 12.1 Å². The lowest BCUT2D eigenvalue weighted by Crippen LogP contribution is -2.43. The van der Waals surface area contributed by atoms with Gasteiger partial charge in [0.05, 0.1) is 29.4 Å². The summed E-state index contributed by atoms with van der Waals surface area (Å²) in [6, 6.07) is 7.24. The Morgan fingerprint density at radius 3 is 1.82 bits per heavy atom. The van der Waals surface area contributed by atoms with E-state index in [0.29, 0.717) is 16.6 Å². The average Bonchev–Trinajstić information content (AvgIpc) is 2.84. The highest BCUT2D eigenvalue weighted by Crippen LogP contribution is 2.36.